The summed E-state index contributed by atoms with van der Waals surface area (Å²) in [5, 5.41) is 26.3. The molecule has 1 aliphatic rings. The maximum Gasteiger partial charge on any atom is 0.274 e. The number of ether oxygens (including phenoxy) is 1. The van der Waals surface area contributed by atoms with Gasteiger partial charge in [0.1, 0.15) is 41.9 Å². The Morgan fingerprint density at radius 3 is 2.77 bits per heavy atom. The van der Waals surface area contributed by atoms with Crippen LogP contribution >= 0.6 is 11.8 Å². The quantitative estimate of drug-likeness (QED) is 0.221. The highest BCUT2D eigenvalue weighted by Crippen LogP contribution is 2.34. The summed E-state index contributed by atoms with van der Waals surface area (Å²) in [6, 6.07) is 4.72. The fraction of sp³-hybridized carbons (Fsp3) is 0.333. The molecule has 0 spiro atoms. The third-order valence-electron chi connectivity index (χ3n) is 5.33. The van der Waals surface area contributed by atoms with Crippen molar-refractivity contribution in [3.05, 3.63) is 47.7 Å². The van der Waals surface area contributed by atoms with E-state index < -0.39 is 40.6 Å². The molecule has 11 nitrogen and oxygen atoms in total. The first-order valence-corrected chi connectivity index (χ1v) is 13.0. The molecular weight excluding hydrogens is 499 g/mol. The second kappa shape index (κ2) is 10.1. The molecule has 186 valence electrons. The number of anilines is 1. The van der Waals surface area contributed by atoms with E-state index in [2.05, 4.69) is 21.8 Å². The number of aliphatic hydroxyl groups is 2. The average Bonchev–Trinajstić information content (AvgIpc) is 3.30. The fourth-order valence-electron chi connectivity index (χ4n) is 3.75. The lowest BCUT2D eigenvalue weighted by Crippen LogP contribution is -2.42. The summed E-state index contributed by atoms with van der Waals surface area (Å²) < 4.78 is 46.1. The Kier molecular flexibility index (Phi) is 7.29. The van der Waals surface area contributed by atoms with Crippen molar-refractivity contribution >= 4 is 38.8 Å². The van der Waals surface area contributed by atoms with E-state index in [1.54, 1.807) is 12.1 Å². The third-order valence-corrected chi connectivity index (χ3v) is 6.84. The predicted octanol–water partition coefficient (Wildman–Crippen LogP) is 0.0767. The molecule has 1 aliphatic heterocycles. The first kappa shape index (κ1) is 25.3. The number of aromatic nitrogens is 3. The first-order chi connectivity index (χ1) is 16.6. The van der Waals surface area contributed by atoms with Gasteiger partial charge in [0, 0.05) is 17.6 Å². The summed E-state index contributed by atoms with van der Waals surface area (Å²) in [6.07, 6.45) is -2.38. The summed E-state index contributed by atoms with van der Waals surface area (Å²) in [5.74, 6) is 6.15. The summed E-state index contributed by atoms with van der Waals surface area (Å²) >= 11 is 1.46. The predicted molar refractivity (Wildman–Crippen MR) is 128 cm³/mol. The Hall–Kier alpha value is -2.77. The number of halogens is 1. The number of nitrogen functional groups attached to an aromatic ring is 1. The van der Waals surface area contributed by atoms with Gasteiger partial charge in [-0.25, -0.2) is 19.5 Å². The van der Waals surface area contributed by atoms with E-state index in [4.69, 9.17) is 15.6 Å². The Morgan fingerprint density at radius 1 is 1.29 bits per heavy atom. The van der Waals surface area contributed by atoms with E-state index in [1.165, 1.54) is 34.9 Å². The van der Waals surface area contributed by atoms with Crippen LogP contribution in [0.3, 0.4) is 0 Å². The second-order valence-corrected chi connectivity index (χ2v) is 10.3. The molecule has 3 aromatic rings. The van der Waals surface area contributed by atoms with Crippen molar-refractivity contribution in [3.63, 3.8) is 0 Å². The van der Waals surface area contributed by atoms with Crippen LogP contribution in [-0.2, 0) is 14.9 Å². The van der Waals surface area contributed by atoms with E-state index >= 15 is 0 Å². The highest BCUT2D eigenvalue weighted by Gasteiger charge is 2.44. The van der Waals surface area contributed by atoms with Crippen molar-refractivity contribution in [2.75, 3.05) is 18.0 Å². The van der Waals surface area contributed by atoms with Gasteiger partial charge < -0.3 is 25.3 Å². The first-order valence-electron chi connectivity index (χ1n) is 10.4. The molecule has 1 fully saturated rings. The zero-order chi connectivity index (χ0) is 25.3. The molecule has 0 saturated carbocycles. The molecule has 4 atom stereocenters. The molecule has 3 heterocycles. The van der Waals surface area contributed by atoms with Crippen LogP contribution < -0.4 is 15.6 Å². The molecule has 0 bridgehead atoms. The Labute approximate surface area is 204 Å². The number of nitrogens with two attached hydrogens (primary N) is 2. The molecule has 2 aromatic heterocycles. The minimum absolute atomic E-state index is 0.107. The van der Waals surface area contributed by atoms with Crippen LogP contribution in [0.1, 0.15) is 24.3 Å². The topological polar surface area (TPSA) is 179 Å². The number of nitrogens with one attached hydrogen (secondary N) is 1. The van der Waals surface area contributed by atoms with Crippen LogP contribution in [0.2, 0.25) is 0 Å². The highest BCUT2D eigenvalue weighted by molar-refractivity contribution is 7.99. The molecule has 0 unspecified atom stereocenters. The minimum atomic E-state index is -4.03. The zero-order valence-corrected chi connectivity index (χ0v) is 20.1. The van der Waals surface area contributed by atoms with Gasteiger partial charge in [-0.1, -0.05) is 24.8 Å². The number of thioether (sulfide) groups is 1. The van der Waals surface area contributed by atoms with Gasteiger partial charge in [0.05, 0.1) is 16.5 Å². The SMILES string of the molecule is CCSc1cccc(F)c1C#Cc1cn([C@@H]2O[C@H](CNS(N)(=O)=O)[C@@H](O)[C@H]2O)c2ncnc(N)c12. The number of aliphatic hydroxyl groups excluding tert-OH is 2. The average molecular weight is 523 g/mol. The Morgan fingerprint density at radius 2 is 2.06 bits per heavy atom. The summed E-state index contributed by atoms with van der Waals surface area (Å²) in [7, 11) is -4.03. The number of benzene rings is 1. The normalized spacial score (nSPS) is 22.3. The van der Waals surface area contributed by atoms with Crippen molar-refractivity contribution < 1.29 is 27.8 Å². The molecule has 0 aliphatic carbocycles. The minimum Gasteiger partial charge on any atom is -0.387 e. The van der Waals surface area contributed by atoms with Gasteiger partial charge in [0.25, 0.3) is 10.2 Å². The Balaban J connectivity index is 1.75. The number of hydrogen-bond donors (Lipinski definition) is 5. The lowest BCUT2D eigenvalue weighted by atomic mass is 10.1. The smallest absolute Gasteiger partial charge is 0.274 e. The van der Waals surface area contributed by atoms with Gasteiger partial charge in [-0.3, -0.25) is 0 Å². The van der Waals surface area contributed by atoms with E-state index in [-0.39, 0.29) is 23.6 Å². The van der Waals surface area contributed by atoms with Gasteiger partial charge in [0.15, 0.2) is 6.23 Å². The van der Waals surface area contributed by atoms with Crippen molar-refractivity contribution in [1.82, 2.24) is 19.3 Å². The molecule has 7 N–H and O–H groups in total. The molecule has 4 rings (SSSR count). The molecule has 0 amide bonds. The number of fused-ring (bicyclic) bond motifs is 1. The number of nitrogens with zero attached hydrogens (tertiary/aromatic N) is 3. The van der Waals surface area contributed by atoms with Gasteiger partial charge in [0.2, 0.25) is 0 Å². The molecular formula is C21H23FN6O5S2. The van der Waals surface area contributed by atoms with Gasteiger partial charge in [-0.2, -0.15) is 13.1 Å². The summed E-state index contributed by atoms with van der Waals surface area (Å²) in [5.41, 5.74) is 6.92. The maximum absolute atomic E-state index is 14.5. The molecule has 1 aromatic carbocycles. The standard InChI is InChI=1S/C21H23FN6O5S2/c1-2-34-15-5-3-4-13(22)12(15)7-6-11-9-28(20-16(11)19(23)25-10-26-20)21-18(30)17(29)14(33-21)8-27-35(24,31)32/h3-5,9-10,14,17-18,21,27,29-30H,2,8H2,1H3,(H2,23,25,26)(H2,24,31,32)/t14-,17-,18-,21-/m1/s1. The van der Waals surface area contributed by atoms with E-state index in [1.807, 2.05) is 11.6 Å². The lowest BCUT2D eigenvalue weighted by molar-refractivity contribution is -0.0327. The Bertz CT molecular complexity index is 1420. The lowest BCUT2D eigenvalue weighted by Gasteiger charge is -2.17. The van der Waals surface area contributed by atoms with E-state index in [9.17, 15) is 23.0 Å². The molecule has 0 radical (unpaired) electrons. The van der Waals surface area contributed by atoms with Crippen molar-refractivity contribution in [1.29, 1.82) is 0 Å². The van der Waals surface area contributed by atoms with Crippen LogP contribution in [0.4, 0.5) is 10.2 Å². The van der Waals surface area contributed by atoms with Crippen molar-refractivity contribution in [3.8, 4) is 11.8 Å². The molecule has 14 heteroatoms. The fourth-order valence-corrected chi connectivity index (χ4v) is 4.93. The molecule has 35 heavy (non-hydrogen) atoms. The highest BCUT2D eigenvalue weighted by atomic mass is 32.2. The second-order valence-electron chi connectivity index (χ2n) is 7.64. The van der Waals surface area contributed by atoms with Crippen LogP contribution in [0.25, 0.3) is 11.0 Å². The zero-order valence-electron chi connectivity index (χ0n) is 18.4. The largest absolute Gasteiger partial charge is 0.387 e. The van der Waals surface area contributed by atoms with Crippen LogP contribution in [0.15, 0.2) is 35.6 Å². The monoisotopic (exact) mass is 522 g/mol. The summed E-state index contributed by atoms with van der Waals surface area (Å²) in [6.45, 7) is 1.59. The maximum atomic E-state index is 14.5. The van der Waals surface area contributed by atoms with E-state index in [0.29, 0.717) is 15.8 Å². The van der Waals surface area contributed by atoms with Gasteiger partial charge >= 0.3 is 0 Å². The number of hydrogen-bond acceptors (Lipinski definition) is 9. The van der Waals surface area contributed by atoms with Gasteiger partial charge in [-0.15, -0.1) is 11.8 Å². The van der Waals surface area contributed by atoms with E-state index in [0.717, 1.165) is 5.75 Å². The molecule has 1 saturated heterocycles. The van der Waals surface area contributed by atoms with Crippen molar-refractivity contribution in [2.45, 2.75) is 36.4 Å². The van der Waals surface area contributed by atoms with Crippen LogP contribution in [0.5, 0.6) is 0 Å². The van der Waals surface area contributed by atoms with Crippen LogP contribution in [-0.4, -0.2) is 63.8 Å². The van der Waals surface area contributed by atoms with Crippen LogP contribution in [0, 0.1) is 17.7 Å². The third kappa shape index (κ3) is 5.26. The van der Waals surface area contributed by atoms with Gasteiger partial charge in [-0.05, 0) is 17.9 Å². The number of rotatable bonds is 6. The van der Waals surface area contributed by atoms with Crippen molar-refractivity contribution in [2.24, 2.45) is 5.14 Å². The summed E-state index contributed by atoms with van der Waals surface area (Å²) in [4.78, 5) is 8.91.